The van der Waals surface area contributed by atoms with E-state index in [4.69, 9.17) is 9.72 Å². The second kappa shape index (κ2) is 11.2. The van der Waals surface area contributed by atoms with Crippen LogP contribution in [-0.2, 0) is 14.3 Å². The van der Waals surface area contributed by atoms with Crippen molar-refractivity contribution in [2.24, 2.45) is 0 Å². The number of rotatable bonds is 7. The number of carbonyl (C=O) groups excluding carboxylic acids is 3. The summed E-state index contributed by atoms with van der Waals surface area (Å²) in [4.78, 5) is 42.5. The van der Waals surface area contributed by atoms with Crippen LogP contribution in [0.4, 0.5) is 11.4 Å². The fraction of sp³-hybridized carbons (Fsp3) is 0.129. The Morgan fingerprint density at radius 3 is 2.08 bits per heavy atom. The number of nitrogens with one attached hydrogen (secondary N) is 2. The van der Waals surface area contributed by atoms with E-state index in [1.54, 1.807) is 35.0 Å². The zero-order chi connectivity index (χ0) is 28.2. The molecule has 0 bridgehead atoms. The zero-order valence-corrected chi connectivity index (χ0v) is 22.2. The van der Waals surface area contributed by atoms with E-state index in [1.807, 2.05) is 67.6 Å². The lowest BCUT2D eigenvalue weighted by atomic mass is 10.1. The fourth-order valence-electron chi connectivity index (χ4n) is 4.32. The molecule has 40 heavy (non-hydrogen) atoms. The molecule has 0 aliphatic heterocycles. The molecule has 0 saturated heterocycles. The summed E-state index contributed by atoms with van der Waals surface area (Å²) in [6.07, 6.45) is -1.09. The minimum absolute atomic E-state index is 0.192. The van der Waals surface area contributed by atoms with Crippen molar-refractivity contribution >= 4 is 40.2 Å². The molecule has 1 atom stereocenters. The van der Waals surface area contributed by atoms with Gasteiger partial charge in [-0.3, -0.25) is 9.59 Å². The lowest BCUT2D eigenvalue weighted by Crippen LogP contribution is -2.30. The minimum Gasteiger partial charge on any atom is -0.449 e. The lowest BCUT2D eigenvalue weighted by molar-refractivity contribution is -0.123. The topological polar surface area (TPSA) is 115 Å². The van der Waals surface area contributed by atoms with E-state index in [0.29, 0.717) is 33.8 Å². The molecule has 0 unspecified atom stereocenters. The van der Waals surface area contributed by atoms with Crippen molar-refractivity contribution in [3.63, 3.8) is 0 Å². The Kier molecular flexibility index (Phi) is 7.37. The van der Waals surface area contributed by atoms with Crippen LogP contribution in [0, 0.1) is 6.92 Å². The summed E-state index contributed by atoms with van der Waals surface area (Å²) < 4.78 is 7.35. The van der Waals surface area contributed by atoms with Crippen LogP contribution in [0.3, 0.4) is 0 Å². The first-order valence-electron chi connectivity index (χ1n) is 12.7. The third-order valence-corrected chi connectivity index (χ3v) is 6.23. The summed E-state index contributed by atoms with van der Waals surface area (Å²) in [5, 5.41) is 10.6. The van der Waals surface area contributed by atoms with Gasteiger partial charge in [0, 0.05) is 23.9 Å². The lowest BCUT2D eigenvalue weighted by Gasteiger charge is -2.15. The summed E-state index contributed by atoms with van der Waals surface area (Å²) in [5.74, 6) is -1.35. The minimum atomic E-state index is -1.09. The van der Waals surface area contributed by atoms with Gasteiger partial charge in [-0.25, -0.2) is 14.5 Å². The molecule has 0 aliphatic rings. The number of fused-ring (bicyclic) bond motifs is 1. The van der Waals surface area contributed by atoms with Crippen molar-refractivity contribution < 1.29 is 19.1 Å². The van der Waals surface area contributed by atoms with Crippen molar-refractivity contribution in [2.75, 3.05) is 10.6 Å². The number of benzene rings is 3. The van der Waals surface area contributed by atoms with Gasteiger partial charge in [0.25, 0.3) is 5.91 Å². The number of aromatic nitrogens is 3. The molecule has 200 valence electrons. The number of anilines is 2. The van der Waals surface area contributed by atoms with Crippen LogP contribution >= 0.6 is 0 Å². The van der Waals surface area contributed by atoms with Crippen LogP contribution in [0.25, 0.3) is 28.0 Å². The van der Waals surface area contributed by atoms with Crippen LogP contribution in [0.1, 0.15) is 29.9 Å². The van der Waals surface area contributed by atoms with Crippen molar-refractivity contribution in [3.8, 4) is 16.9 Å². The van der Waals surface area contributed by atoms with E-state index in [-0.39, 0.29) is 11.5 Å². The quantitative estimate of drug-likeness (QED) is 0.266. The Morgan fingerprint density at radius 2 is 1.45 bits per heavy atom. The van der Waals surface area contributed by atoms with Crippen LogP contribution in [-0.4, -0.2) is 38.7 Å². The van der Waals surface area contributed by atoms with E-state index < -0.39 is 18.0 Å². The molecular formula is C31H27N5O4. The number of aryl methyl sites for hydroxylation is 1. The van der Waals surface area contributed by atoms with Crippen LogP contribution in [0.2, 0.25) is 0 Å². The largest absolute Gasteiger partial charge is 0.449 e. The second-order valence-corrected chi connectivity index (χ2v) is 9.25. The molecule has 2 heterocycles. The maximum absolute atomic E-state index is 13.5. The molecule has 0 aliphatic carbocycles. The maximum atomic E-state index is 13.5. The molecule has 2 N–H and O–H groups in total. The molecule has 2 amide bonds. The van der Waals surface area contributed by atoms with Gasteiger partial charge >= 0.3 is 5.97 Å². The average molecular weight is 534 g/mol. The predicted molar refractivity (Wildman–Crippen MR) is 153 cm³/mol. The smallest absolute Gasteiger partial charge is 0.339 e. The molecule has 3 aromatic carbocycles. The molecule has 0 fully saturated rings. The van der Waals surface area contributed by atoms with Crippen LogP contribution < -0.4 is 10.6 Å². The fourth-order valence-corrected chi connectivity index (χ4v) is 4.32. The number of amides is 2. The summed E-state index contributed by atoms with van der Waals surface area (Å²) in [5.41, 5.74) is 4.69. The van der Waals surface area contributed by atoms with Gasteiger partial charge in [-0.15, -0.1) is 0 Å². The first-order valence-corrected chi connectivity index (χ1v) is 12.7. The standard InChI is InChI=1S/C31H27N5O4/c1-19-28-26(31(39)40-20(2)30(38)33-24-16-14-23(15-17-24)32-21(3)37)18-27(22-10-6-4-7-11-22)34-29(28)36(35-19)25-12-8-5-9-13-25/h4-18,20H,1-3H3,(H,32,37)(H,33,38)/t20-/m0/s1. The number of hydrogen-bond acceptors (Lipinski definition) is 6. The Morgan fingerprint density at radius 1 is 0.850 bits per heavy atom. The van der Waals surface area contributed by atoms with Gasteiger partial charge in [-0.2, -0.15) is 5.10 Å². The SMILES string of the molecule is CC(=O)Nc1ccc(NC(=O)[C@H](C)OC(=O)c2cc(-c3ccccc3)nc3c2c(C)nn3-c2ccccc2)cc1. The van der Waals surface area contributed by atoms with Gasteiger partial charge < -0.3 is 15.4 Å². The van der Waals surface area contributed by atoms with Crippen molar-refractivity contribution in [1.29, 1.82) is 0 Å². The average Bonchev–Trinajstić information content (AvgIpc) is 3.30. The van der Waals surface area contributed by atoms with Crippen molar-refractivity contribution in [1.82, 2.24) is 14.8 Å². The van der Waals surface area contributed by atoms with Gasteiger partial charge in [0.15, 0.2) is 11.8 Å². The molecule has 0 spiro atoms. The van der Waals surface area contributed by atoms with E-state index >= 15 is 0 Å². The monoisotopic (exact) mass is 533 g/mol. The third-order valence-electron chi connectivity index (χ3n) is 6.23. The Labute approximate surface area is 230 Å². The number of nitrogens with zero attached hydrogens (tertiary/aromatic N) is 3. The van der Waals surface area contributed by atoms with E-state index in [9.17, 15) is 14.4 Å². The number of esters is 1. The van der Waals surface area contributed by atoms with Gasteiger partial charge in [-0.1, -0.05) is 48.5 Å². The highest BCUT2D eigenvalue weighted by Crippen LogP contribution is 2.29. The Bertz CT molecular complexity index is 1700. The number of pyridine rings is 1. The van der Waals surface area contributed by atoms with Crippen LogP contribution in [0.5, 0.6) is 0 Å². The number of para-hydroxylation sites is 1. The maximum Gasteiger partial charge on any atom is 0.339 e. The van der Waals surface area contributed by atoms with Crippen LogP contribution in [0.15, 0.2) is 91.0 Å². The van der Waals surface area contributed by atoms with Gasteiger partial charge in [-0.05, 0) is 56.3 Å². The van der Waals surface area contributed by atoms with Gasteiger partial charge in [0.2, 0.25) is 5.91 Å². The summed E-state index contributed by atoms with van der Waals surface area (Å²) in [6.45, 7) is 4.73. The van der Waals surface area contributed by atoms with Crippen molar-refractivity contribution in [2.45, 2.75) is 26.9 Å². The van der Waals surface area contributed by atoms with Gasteiger partial charge in [0.05, 0.1) is 28.0 Å². The van der Waals surface area contributed by atoms with Crippen molar-refractivity contribution in [3.05, 3.63) is 102 Å². The number of ether oxygens (including phenoxy) is 1. The zero-order valence-electron chi connectivity index (χ0n) is 22.2. The molecule has 9 heteroatoms. The Hall–Kier alpha value is -5.31. The third kappa shape index (κ3) is 5.58. The number of hydrogen-bond donors (Lipinski definition) is 2. The first kappa shape index (κ1) is 26.3. The Balaban J connectivity index is 1.45. The highest BCUT2D eigenvalue weighted by molar-refractivity contribution is 6.06. The van der Waals surface area contributed by atoms with E-state index in [1.165, 1.54) is 13.8 Å². The summed E-state index contributed by atoms with van der Waals surface area (Å²) >= 11 is 0. The van der Waals surface area contributed by atoms with E-state index in [2.05, 4.69) is 15.7 Å². The highest BCUT2D eigenvalue weighted by atomic mass is 16.5. The summed E-state index contributed by atoms with van der Waals surface area (Å²) in [7, 11) is 0. The normalized spacial score (nSPS) is 11.6. The van der Waals surface area contributed by atoms with E-state index in [0.717, 1.165) is 11.3 Å². The molecule has 5 aromatic rings. The highest BCUT2D eigenvalue weighted by Gasteiger charge is 2.25. The second-order valence-electron chi connectivity index (χ2n) is 9.25. The first-order chi connectivity index (χ1) is 19.3. The molecule has 0 radical (unpaired) electrons. The van der Waals surface area contributed by atoms with Gasteiger partial charge in [0.1, 0.15) is 0 Å². The molecule has 0 saturated carbocycles. The molecule has 9 nitrogen and oxygen atoms in total. The molecule has 2 aromatic heterocycles. The molecular weight excluding hydrogens is 506 g/mol. The number of carbonyl (C=O) groups is 3. The predicted octanol–water partition coefficient (Wildman–Crippen LogP) is 5.54. The molecule has 5 rings (SSSR count). The summed E-state index contributed by atoms with van der Waals surface area (Å²) in [6, 6.07) is 27.4.